The van der Waals surface area contributed by atoms with Gasteiger partial charge in [-0.3, -0.25) is 0 Å². The van der Waals surface area contributed by atoms with Crippen molar-refractivity contribution in [1.82, 2.24) is 5.32 Å². The van der Waals surface area contributed by atoms with E-state index >= 15 is 0 Å². The molecule has 102 valence electrons. The van der Waals surface area contributed by atoms with E-state index < -0.39 is 0 Å². The summed E-state index contributed by atoms with van der Waals surface area (Å²) >= 11 is 0. The molecule has 0 aliphatic carbocycles. The lowest BCUT2D eigenvalue weighted by molar-refractivity contribution is 0.0439. The molecule has 0 heterocycles. The number of nitrogens with one attached hydrogen (secondary N) is 1. The summed E-state index contributed by atoms with van der Waals surface area (Å²) in [7, 11) is 1.70. The topological polar surface area (TPSA) is 39.7 Å². The number of hydrogen-bond acceptors (Lipinski definition) is 4. The van der Waals surface area contributed by atoms with Gasteiger partial charge in [0.25, 0.3) is 0 Å². The summed E-state index contributed by atoms with van der Waals surface area (Å²) in [6, 6.07) is 9.76. The van der Waals surface area contributed by atoms with Gasteiger partial charge in [-0.1, -0.05) is 18.2 Å². The van der Waals surface area contributed by atoms with Gasteiger partial charge in [0, 0.05) is 20.2 Å². The van der Waals surface area contributed by atoms with E-state index in [1.165, 1.54) is 0 Å². The Labute approximate surface area is 109 Å². The lowest BCUT2D eigenvalue weighted by Gasteiger charge is -2.14. The largest absolute Gasteiger partial charge is 0.491 e. The van der Waals surface area contributed by atoms with Crippen molar-refractivity contribution in [2.75, 3.05) is 40.0 Å². The van der Waals surface area contributed by atoms with E-state index in [-0.39, 0.29) is 6.10 Å². The lowest BCUT2D eigenvalue weighted by Crippen LogP contribution is -2.30. The van der Waals surface area contributed by atoms with E-state index in [0.29, 0.717) is 13.2 Å². The molecule has 1 N–H and O–H groups in total. The van der Waals surface area contributed by atoms with Gasteiger partial charge in [0.05, 0.1) is 19.3 Å². The maximum Gasteiger partial charge on any atom is 0.119 e. The van der Waals surface area contributed by atoms with Crippen LogP contribution >= 0.6 is 0 Å². The Morgan fingerprint density at radius 3 is 2.61 bits per heavy atom. The monoisotopic (exact) mass is 253 g/mol. The summed E-state index contributed by atoms with van der Waals surface area (Å²) in [5.41, 5.74) is 0. The SMILES string of the molecule is COCCNCC(C)OCCOc1ccccc1. The van der Waals surface area contributed by atoms with Gasteiger partial charge in [0.15, 0.2) is 0 Å². The summed E-state index contributed by atoms with van der Waals surface area (Å²) in [5, 5.41) is 3.25. The second kappa shape index (κ2) is 9.88. The summed E-state index contributed by atoms with van der Waals surface area (Å²) < 4.78 is 16.1. The fourth-order valence-electron chi connectivity index (χ4n) is 1.46. The van der Waals surface area contributed by atoms with Gasteiger partial charge in [-0.05, 0) is 19.1 Å². The van der Waals surface area contributed by atoms with Crippen molar-refractivity contribution in [3.8, 4) is 5.75 Å². The average Bonchev–Trinajstić information content (AvgIpc) is 2.41. The van der Waals surface area contributed by atoms with Crippen LogP contribution in [0.15, 0.2) is 30.3 Å². The molecule has 1 aromatic rings. The third-order valence-corrected chi connectivity index (χ3v) is 2.41. The highest BCUT2D eigenvalue weighted by Gasteiger charge is 2.01. The molecule has 1 unspecified atom stereocenters. The van der Waals surface area contributed by atoms with Crippen LogP contribution in [0.4, 0.5) is 0 Å². The molecule has 0 radical (unpaired) electrons. The van der Waals surface area contributed by atoms with Crippen LogP contribution in [0.2, 0.25) is 0 Å². The van der Waals surface area contributed by atoms with Crippen molar-refractivity contribution >= 4 is 0 Å². The minimum absolute atomic E-state index is 0.182. The molecule has 0 amide bonds. The van der Waals surface area contributed by atoms with Crippen LogP contribution < -0.4 is 10.1 Å². The predicted octanol–water partition coefficient (Wildman–Crippen LogP) is 1.71. The maximum atomic E-state index is 5.62. The fourth-order valence-corrected chi connectivity index (χ4v) is 1.46. The van der Waals surface area contributed by atoms with Crippen LogP contribution in [-0.2, 0) is 9.47 Å². The summed E-state index contributed by atoms with van der Waals surface area (Å²) in [6.07, 6.45) is 0.182. The zero-order valence-electron chi connectivity index (χ0n) is 11.2. The Kier molecular flexibility index (Phi) is 8.21. The van der Waals surface area contributed by atoms with E-state index in [9.17, 15) is 0 Å². The number of hydrogen-bond donors (Lipinski definition) is 1. The zero-order chi connectivity index (χ0) is 13.1. The number of para-hydroxylation sites is 1. The van der Waals surface area contributed by atoms with Gasteiger partial charge in [-0.25, -0.2) is 0 Å². The summed E-state index contributed by atoms with van der Waals surface area (Å²) in [6.45, 7) is 5.63. The molecule has 0 bridgehead atoms. The third kappa shape index (κ3) is 7.27. The standard InChI is InChI=1S/C14H23NO3/c1-13(12-15-8-9-16-2)17-10-11-18-14-6-4-3-5-7-14/h3-7,13,15H,8-12H2,1-2H3. The molecule has 0 saturated heterocycles. The minimum atomic E-state index is 0.182. The zero-order valence-corrected chi connectivity index (χ0v) is 11.2. The molecule has 1 aromatic carbocycles. The van der Waals surface area contributed by atoms with Crippen molar-refractivity contribution in [3.63, 3.8) is 0 Å². The fraction of sp³-hybridized carbons (Fsp3) is 0.571. The second-order valence-corrected chi connectivity index (χ2v) is 4.04. The van der Waals surface area contributed by atoms with Gasteiger partial charge in [-0.2, -0.15) is 0 Å². The Hall–Kier alpha value is -1.10. The Morgan fingerprint density at radius 1 is 1.11 bits per heavy atom. The van der Waals surface area contributed by atoms with E-state index in [1.807, 2.05) is 37.3 Å². The molecule has 0 fully saturated rings. The Morgan fingerprint density at radius 2 is 1.89 bits per heavy atom. The van der Waals surface area contributed by atoms with Crippen LogP contribution in [0, 0.1) is 0 Å². The maximum absolute atomic E-state index is 5.62. The van der Waals surface area contributed by atoms with Crippen LogP contribution in [0.25, 0.3) is 0 Å². The number of benzene rings is 1. The lowest BCUT2D eigenvalue weighted by atomic mass is 10.3. The molecule has 0 aliphatic heterocycles. The van der Waals surface area contributed by atoms with Crippen molar-refractivity contribution in [1.29, 1.82) is 0 Å². The van der Waals surface area contributed by atoms with E-state index in [1.54, 1.807) is 7.11 Å². The second-order valence-electron chi connectivity index (χ2n) is 4.04. The molecular formula is C14H23NO3. The van der Waals surface area contributed by atoms with Crippen LogP contribution in [0.1, 0.15) is 6.92 Å². The average molecular weight is 253 g/mol. The van der Waals surface area contributed by atoms with Gasteiger partial charge in [0.1, 0.15) is 12.4 Å². The van der Waals surface area contributed by atoms with Gasteiger partial charge in [0.2, 0.25) is 0 Å². The first-order valence-electron chi connectivity index (χ1n) is 6.32. The van der Waals surface area contributed by atoms with Crippen molar-refractivity contribution in [2.45, 2.75) is 13.0 Å². The first-order valence-corrected chi connectivity index (χ1v) is 6.32. The Balaban J connectivity index is 1.97. The molecule has 18 heavy (non-hydrogen) atoms. The van der Waals surface area contributed by atoms with Crippen molar-refractivity contribution in [2.24, 2.45) is 0 Å². The van der Waals surface area contributed by atoms with Crippen LogP contribution in [0.3, 0.4) is 0 Å². The van der Waals surface area contributed by atoms with Crippen LogP contribution in [0.5, 0.6) is 5.75 Å². The molecule has 0 aliphatic rings. The molecule has 4 heteroatoms. The molecule has 1 atom stereocenters. The first-order chi connectivity index (χ1) is 8.83. The van der Waals surface area contributed by atoms with Crippen LogP contribution in [-0.4, -0.2) is 46.1 Å². The van der Waals surface area contributed by atoms with E-state index in [4.69, 9.17) is 14.2 Å². The van der Waals surface area contributed by atoms with Gasteiger partial charge >= 0.3 is 0 Å². The number of ether oxygens (including phenoxy) is 3. The molecule has 0 aromatic heterocycles. The number of rotatable bonds is 10. The smallest absolute Gasteiger partial charge is 0.119 e. The van der Waals surface area contributed by atoms with Crippen molar-refractivity contribution in [3.05, 3.63) is 30.3 Å². The number of methoxy groups -OCH3 is 1. The Bertz CT molecular complexity index is 292. The van der Waals surface area contributed by atoms with Gasteiger partial charge in [-0.15, -0.1) is 0 Å². The van der Waals surface area contributed by atoms with Crippen molar-refractivity contribution < 1.29 is 14.2 Å². The molecule has 4 nitrogen and oxygen atoms in total. The molecule has 0 saturated carbocycles. The normalized spacial score (nSPS) is 12.3. The quantitative estimate of drug-likeness (QED) is 0.644. The van der Waals surface area contributed by atoms with Gasteiger partial charge < -0.3 is 19.5 Å². The summed E-state index contributed by atoms with van der Waals surface area (Å²) in [5.74, 6) is 0.881. The highest BCUT2D eigenvalue weighted by molar-refractivity contribution is 5.20. The summed E-state index contributed by atoms with van der Waals surface area (Å²) in [4.78, 5) is 0. The van der Waals surface area contributed by atoms with E-state index in [2.05, 4.69) is 5.32 Å². The highest BCUT2D eigenvalue weighted by atomic mass is 16.5. The van der Waals surface area contributed by atoms with E-state index in [0.717, 1.165) is 25.4 Å². The molecule has 1 rings (SSSR count). The minimum Gasteiger partial charge on any atom is -0.491 e. The predicted molar refractivity (Wildman–Crippen MR) is 72.1 cm³/mol. The molecular weight excluding hydrogens is 230 g/mol. The third-order valence-electron chi connectivity index (χ3n) is 2.41. The first kappa shape index (κ1) is 15.0. The molecule has 0 spiro atoms. The highest BCUT2D eigenvalue weighted by Crippen LogP contribution is 2.07.